The highest BCUT2D eigenvalue weighted by Gasteiger charge is 2.24. The molecular weight excluding hydrogens is 555 g/mol. The second kappa shape index (κ2) is 14.9. The molecule has 11 nitrogen and oxygen atoms in total. The zero-order valence-corrected chi connectivity index (χ0v) is 23.4. The van der Waals surface area contributed by atoms with Crippen molar-refractivity contribution in [3.05, 3.63) is 71.1 Å². The molecule has 41 heavy (non-hydrogen) atoms. The van der Waals surface area contributed by atoms with Crippen LogP contribution in [0.1, 0.15) is 5.56 Å². The summed E-state index contributed by atoms with van der Waals surface area (Å²) in [7, 11) is 1.55. The predicted octanol–water partition coefficient (Wildman–Crippen LogP) is 3.03. The van der Waals surface area contributed by atoms with E-state index < -0.39 is 24.0 Å². The van der Waals surface area contributed by atoms with Crippen molar-refractivity contribution in [3.63, 3.8) is 0 Å². The second-order valence-corrected chi connectivity index (χ2v) is 10.1. The first-order valence-electron chi connectivity index (χ1n) is 13.2. The Morgan fingerprint density at radius 1 is 1.24 bits per heavy atom. The van der Waals surface area contributed by atoms with E-state index in [1.807, 2.05) is 29.2 Å². The van der Waals surface area contributed by atoms with Gasteiger partial charge in [0.2, 0.25) is 0 Å². The minimum Gasteiger partial charge on any atom is -0.447 e. The number of carbonyl (C=O) groups excluding carboxylic acids is 2. The quantitative estimate of drug-likeness (QED) is 0.269. The van der Waals surface area contributed by atoms with E-state index in [0.717, 1.165) is 23.9 Å². The van der Waals surface area contributed by atoms with E-state index in [-0.39, 0.29) is 44.2 Å². The molecule has 2 aromatic carbocycles. The number of amides is 3. The van der Waals surface area contributed by atoms with E-state index in [9.17, 15) is 19.1 Å². The molecule has 1 fully saturated rings. The number of hydrogen-bond acceptors (Lipinski definition) is 8. The molecule has 0 bridgehead atoms. The molecule has 0 radical (unpaired) electrons. The first-order chi connectivity index (χ1) is 19.8. The topological polar surface area (TPSA) is 128 Å². The number of nitrogens with zero attached hydrogens (tertiary/aromatic N) is 3. The van der Waals surface area contributed by atoms with Crippen LogP contribution in [0.5, 0.6) is 0 Å². The maximum Gasteiger partial charge on any atom is 0.412 e. The van der Waals surface area contributed by atoms with Crippen LogP contribution in [-0.2, 0) is 16.0 Å². The Balaban J connectivity index is 1.35. The number of urea groups is 1. The van der Waals surface area contributed by atoms with E-state index >= 15 is 0 Å². The normalized spacial score (nSPS) is 16.2. The van der Waals surface area contributed by atoms with Crippen LogP contribution in [-0.4, -0.2) is 97.3 Å². The number of ether oxygens (including phenoxy) is 2. The van der Waals surface area contributed by atoms with Gasteiger partial charge < -0.3 is 30.1 Å². The fourth-order valence-electron chi connectivity index (χ4n) is 4.33. The number of aromatic nitrogens is 1. The number of aliphatic hydroxyl groups is 1. The highest BCUT2D eigenvalue weighted by molar-refractivity contribution is 6.31. The van der Waals surface area contributed by atoms with Gasteiger partial charge in [-0.1, -0.05) is 48.0 Å². The lowest BCUT2D eigenvalue weighted by molar-refractivity contribution is -0.0186. The summed E-state index contributed by atoms with van der Waals surface area (Å²) in [6.45, 7) is 2.28. The Morgan fingerprint density at radius 3 is 2.85 bits per heavy atom. The molecule has 2 atom stereocenters. The maximum absolute atomic E-state index is 13.8. The molecule has 220 valence electrons. The minimum atomic E-state index is -0.731. The third-order valence-electron chi connectivity index (χ3n) is 6.74. The van der Waals surface area contributed by atoms with Crippen LogP contribution in [0.4, 0.5) is 19.8 Å². The van der Waals surface area contributed by atoms with Crippen molar-refractivity contribution in [1.82, 2.24) is 25.4 Å². The molecule has 1 aliphatic heterocycles. The summed E-state index contributed by atoms with van der Waals surface area (Å²) in [5.74, 6) is -0.244. The number of pyridine rings is 1. The van der Waals surface area contributed by atoms with Crippen molar-refractivity contribution < 1.29 is 28.6 Å². The summed E-state index contributed by atoms with van der Waals surface area (Å²) >= 11 is 6.01. The van der Waals surface area contributed by atoms with E-state index in [2.05, 4.69) is 20.9 Å². The molecule has 1 saturated heterocycles. The van der Waals surface area contributed by atoms with Gasteiger partial charge in [0.1, 0.15) is 18.2 Å². The average molecular weight is 589 g/mol. The Morgan fingerprint density at radius 2 is 2.05 bits per heavy atom. The number of benzene rings is 2. The molecule has 1 aromatic heterocycles. The predicted molar refractivity (Wildman–Crippen MR) is 153 cm³/mol. The number of likely N-dealkylation sites (N-methyl/N-ethyl adjacent to an activating group) is 1. The summed E-state index contributed by atoms with van der Waals surface area (Å²) in [6.07, 6.45) is 0.924. The van der Waals surface area contributed by atoms with Gasteiger partial charge in [-0.05, 0) is 23.1 Å². The lowest BCUT2D eigenvalue weighted by atomic mass is 10.2. The van der Waals surface area contributed by atoms with Gasteiger partial charge in [0.25, 0.3) is 0 Å². The summed E-state index contributed by atoms with van der Waals surface area (Å²) in [5, 5.41) is 19.8. The lowest BCUT2D eigenvalue weighted by Gasteiger charge is -2.33. The summed E-state index contributed by atoms with van der Waals surface area (Å²) < 4.78 is 25.1. The lowest BCUT2D eigenvalue weighted by Crippen LogP contribution is -2.53. The van der Waals surface area contributed by atoms with Crippen molar-refractivity contribution in [2.45, 2.75) is 18.6 Å². The fraction of sp³-hybridized carbons (Fsp3) is 0.393. The largest absolute Gasteiger partial charge is 0.447 e. The van der Waals surface area contributed by atoms with Gasteiger partial charge >= 0.3 is 12.1 Å². The van der Waals surface area contributed by atoms with Gasteiger partial charge in [0.15, 0.2) is 0 Å². The number of fused-ring (bicyclic) bond motifs is 1. The van der Waals surface area contributed by atoms with Crippen LogP contribution in [0.25, 0.3) is 10.8 Å². The van der Waals surface area contributed by atoms with E-state index in [1.54, 1.807) is 25.4 Å². The molecule has 0 unspecified atom stereocenters. The van der Waals surface area contributed by atoms with Gasteiger partial charge in [-0.3, -0.25) is 10.2 Å². The molecule has 3 amide bonds. The van der Waals surface area contributed by atoms with Crippen molar-refractivity contribution in [1.29, 1.82) is 0 Å². The highest BCUT2D eigenvalue weighted by atomic mass is 35.5. The number of piperazine rings is 1. The fourth-order valence-corrected chi connectivity index (χ4v) is 4.53. The molecule has 4 rings (SSSR count). The van der Waals surface area contributed by atoms with Crippen molar-refractivity contribution in [2.75, 3.05) is 58.6 Å². The third-order valence-corrected chi connectivity index (χ3v) is 7.16. The van der Waals surface area contributed by atoms with Crippen molar-refractivity contribution in [2.24, 2.45) is 0 Å². The van der Waals surface area contributed by atoms with Crippen LogP contribution in [0, 0.1) is 5.82 Å². The zero-order chi connectivity index (χ0) is 29.2. The standard InChI is InChI=1S/C28H34ClFN6O5/c1-35(27(38)33-13-21-7-4-8-24(30)26(21)29)23(16-40-18-36-10-9-31-22(14-36)15-37)17-41-28(39)34-25-11-19-5-2-3-6-20(19)12-32-25/h2-8,11-12,22-23,31,37H,9-10,13-18H2,1H3,(H,33,38)(H,32,34,39)/t22-,23+/m1/s1. The van der Waals surface area contributed by atoms with Crippen molar-refractivity contribution in [3.8, 4) is 0 Å². The molecule has 3 aromatic rings. The van der Waals surface area contributed by atoms with Crippen molar-refractivity contribution >= 4 is 40.3 Å². The van der Waals surface area contributed by atoms with Crippen LogP contribution >= 0.6 is 11.6 Å². The number of hydrogen-bond donors (Lipinski definition) is 4. The molecule has 13 heteroatoms. The SMILES string of the molecule is CN(C(=O)NCc1cccc(F)c1Cl)[C@@H](COCN1CCN[C@@H](CO)C1)COC(=O)Nc1cc2ccccc2cn1. The number of aliphatic hydroxyl groups excluding tert-OH is 1. The number of halogens is 2. The zero-order valence-electron chi connectivity index (χ0n) is 22.7. The summed E-state index contributed by atoms with van der Waals surface area (Å²) in [6, 6.07) is 12.6. The van der Waals surface area contributed by atoms with E-state index in [1.165, 1.54) is 17.0 Å². The Hall–Kier alpha value is -3.55. The van der Waals surface area contributed by atoms with E-state index in [4.69, 9.17) is 21.1 Å². The summed E-state index contributed by atoms with van der Waals surface area (Å²) in [5.41, 5.74) is 0.428. The first-order valence-corrected chi connectivity index (χ1v) is 13.6. The molecule has 0 spiro atoms. The second-order valence-electron chi connectivity index (χ2n) is 9.69. The maximum atomic E-state index is 13.8. The monoisotopic (exact) mass is 588 g/mol. The van der Waals surface area contributed by atoms with Gasteiger partial charge in [-0.25, -0.2) is 19.0 Å². The smallest absolute Gasteiger partial charge is 0.412 e. The number of rotatable bonds is 11. The Kier molecular flexibility index (Phi) is 11.0. The van der Waals surface area contributed by atoms with Crippen LogP contribution in [0.15, 0.2) is 54.7 Å². The Labute approximate surface area is 242 Å². The average Bonchev–Trinajstić information content (AvgIpc) is 2.99. The van der Waals surface area contributed by atoms with Gasteiger partial charge in [-0.2, -0.15) is 0 Å². The number of nitrogens with one attached hydrogen (secondary N) is 3. The van der Waals surface area contributed by atoms with Gasteiger partial charge in [-0.15, -0.1) is 0 Å². The van der Waals surface area contributed by atoms with Gasteiger partial charge in [0, 0.05) is 50.9 Å². The van der Waals surface area contributed by atoms with Crippen LogP contribution in [0.2, 0.25) is 5.02 Å². The molecule has 2 heterocycles. The van der Waals surface area contributed by atoms with Crippen LogP contribution in [0.3, 0.4) is 0 Å². The molecular formula is C28H34ClFN6O5. The first kappa shape index (κ1) is 30.4. The highest BCUT2D eigenvalue weighted by Crippen LogP contribution is 2.19. The third kappa shape index (κ3) is 8.72. The molecule has 1 aliphatic rings. The van der Waals surface area contributed by atoms with Gasteiger partial charge in [0.05, 0.1) is 31.0 Å². The molecule has 0 saturated carbocycles. The summed E-state index contributed by atoms with van der Waals surface area (Å²) in [4.78, 5) is 33.2. The van der Waals surface area contributed by atoms with E-state index in [0.29, 0.717) is 17.9 Å². The van der Waals surface area contributed by atoms with Crippen LogP contribution < -0.4 is 16.0 Å². The number of anilines is 1. The molecule has 4 N–H and O–H groups in total. The minimum absolute atomic E-state index is 0.00560. The Bertz CT molecular complexity index is 1330. The number of carbonyl (C=O) groups is 2. The molecule has 0 aliphatic carbocycles.